The first-order chi connectivity index (χ1) is 6.88. The van der Waals surface area contributed by atoms with E-state index in [1.807, 2.05) is 0 Å². The van der Waals surface area contributed by atoms with Gasteiger partial charge in [-0.05, 0) is 18.6 Å². The number of aromatic hydroxyl groups is 1. The summed E-state index contributed by atoms with van der Waals surface area (Å²) in [6, 6.07) is 4.41. The van der Waals surface area contributed by atoms with Crippen LogP contribution in [-0.4, -0.2) is 30.4 Å². The Balaban J connectivity index is 2.55. The van der Waals surface area contributed by atoms with E-state index in [1.165, 1.54) is 12.1 Å². The lowest BCUT2D eigenvalue weighted by Crippen LogP contribution is -2.12. The van der Waals surface area contributed by atoms with E-state index in [0.29, 0.717) is 11.3 Å². The molecule has 0 saturated carbocycles. The van der Waals surface area contributed by atoms with E-state index in [0.717, 1.165) is 0 Å². The van der Waals surface area contributed by atoms with E-state index in [9.17, 15) is 13.5 Å². The Morgan fingerprint density at radius 3 is 2.60 bits per heavy atom. The Morgan fingerprint density at radius 1 is 1.40 bits per heavy atom. The summed E-state index contributed by atoms with van der Waals surface area (Å²) in [7, 11) is -4.01. The minimum atomic E-state index is -4.01. The van der Waals surface area contributed by atoms with Crippen molar-refractivity contribution in [1.29, 1.82) is 0 Å². The number of benzene rings is 1. The molecule has 0 fully saturated rings. The normalized spacial score (nSPS) is 11.3. The van der Waals surface area contributed by atoms with E-state index in [1.54, 1.807) is 6.07 Å². The largest absolute Gasteiger partial charge is 0.508 e. The van der Waals surface area contributed by atoms with Gasteiger partial charge in [-0.25, -0.2) is 0 Å². The fourth-order valence-electron chi connectivity index (χ4n) is 0.898. The fraction of sp³-hybridized carbons (Fsp3) is 0.222. The number of hydrogen-bond acceptors (Lipinski definition) is 4. The van der Waals surface area contributed by atoms with Crippen LogP contribution >= 0.6 is 0 Å². The van der Waals surface area contributed by atoms with E-state index in [-0.39, 0.29) is 12.4 Å². The molecule has 83 valence electrons. The summed E-state index contributed by atoms with van der Waals surface area (Å²) < 4.78 is 34.1. The van der Waals surface area contributed by atoms with Gasteiger partial charge in [0.15, 0.2) is 0 Å². The maximum atomic E-state index is 10.4. The van der Waals surface area contributed by atoms with Crippen molar-refractivity contribution >= 4 is 10.1 Å². The number of rotatable bonds is 4. The topological polar surface area (TPSA) is 83.8 Å². The standard InChI is InChI=1S/C9H11O5S/c1-7-2-3-8(6-9(7)10)14-4-5-15(11,12)13/h2-3,6,10H,1,4-5H2,(H,11,12,13). The Hall–Kier alpha value is -1.27. The van der Waals surface area contributed by atoms with Crippen molar-refractivity contribution in [3.63, 3.8) is 0 Å². The summed E-state index contributed by atoms with van der Waals surface area (Å²) in [5.74, 6) is -0.192. The minimum Gasteiger partial charge on any atom is -0.508 e. The van der Waals surface area contributed by atoms with Crippen molar-refractivity contribution < 1.29 is 22.8 Å². The predicted octanol–water partition coefficient (Wildman–Crippen LogP) is 0.841. The molecule has 0 amide bonds. The zero-order valence-electron chi connectivity index (χ0n) is 7.88. The first-order valence-electron chi connectivity index (χ1n) is 4.11. The highest BCUT2D eigenvalue weighted by molar-refractivity contribution is 7.85. The molecule has 0 aliphatic heterocycles. The zero-order chi connectivity index (χ0) is 11.5. The zero-order valence-corrected chi connectivity index (χ0v) is 8.70. The van der Waals surface area contributed by atoms with Crippen molar-refractivity contribution in [3.8, 4) is 11.5 Å². The van der Waals surface area contributed by atoms with Crippen LogP contribution < -0.4 is 4.74 Å². The van der Waals surface area contributed by atoms with Crippen LogP contribution in [0.5, 0.6) is 11.5 Å². The maximum Gasteiger partial charge on any atom is 0.268 e. The van der Waals surface area contributed by atoms with E-state index in [2.05, 4.69) is 6.92 Å². The van der Waals surface area contributed by atoms with Gasteiger partial charge in [-0.15, -0.1) is 0 Å². The molecule has 1 aromatic rings. The summed E-state index contributed by atoms with van der Waals surface area (Å²) in [5.41, 5.74) is 0.456. The molecule has 1 aromatic carbocycles. The molecule has 0 saturated heterocycles. The van der Waals surface area contributed by atoms with Crippen molar-refractivity contribution in [2.45, 2.75) is 0 Å². The predicted molar refractivity (Wildman–Crippen MR) is 54.5 cm³/mol. The minimum absolute atomic E-state index is 0.0284. The quantitative estimate of drug-likeness (QED) is 0.750. The Kier molecular flexibility index (Phi) is 3.54. The molecular weight excluding hydrogens is 220 g/mol. The lowest BCUT2D eigenvalue weighted by Gasteiger charge is -2.06. The molecule has 1 radical (unpaired) electrons. The van der Waals surface area contributed by atoms with Gasteiger partial charge in [0.25, 0.3) is 10.1 Å². The average molecular weight is 231 g/mol. The molecule has 0 heterocycles. The molecule has 1 rings (SSSR count). The summed E-state index contributed by atoms with van der Waals surface area (Å²) in [6.07, 6.45) is 0. The SMILES string of the molecule is [CH2]c1ccc(OCCS(=O)(=O)O)cc1O. The Labute approximate surface area is 88.1 Å². The number of ether oxygens (including phenoxy) is 1. The van der Waals surface area contributed by atoms with Crippen molar-refractivity contribution in [2.75, 3.05) is 12.4 Å². The summed E-state index contributed by atoms with van der Waals surface area (Å²) >= 11 is 0. The molecule has 15 heavy (non-hydrogen) atoms. The van der Waals surface area contributed by atoms with Gasteiger partial charge in [-0.2, -0.15) is 8.42 Å². The van der Waals surface area contributed by atoms with E-state index >= 15 is 0 Å². The summed E-state index contributed by atoms with van der Waals surface area (Å²) in [4.78, 5) is 0. The van der Waals surface area contributed by atoms with Gasteiger partial charge in [0.1, 0.15) is 23.9 Å². The third-order valence-electron chi connectivity index (χ3n) is 1.67. The summed E-state index contributed by atoms with van der Waals surface area (Å²) in [5, 5.41) is 9.25. The molecule has 0 aliphatic rings. The summed E-state index contributed by atoms with van der Waals surface area (Å²) in [6.45, 7) is 3.37. The van der Waals surface area contributed by atoms with Gasteiger partial charge in [-0.1, -0.05) is 6.07 Å². The molecule has 0 spiro atoms. The molecule has 0 aliphatic carbocycles. The van der Waals surface area contributed by atoms with Gasteiger partial charge in [0.05, 0.1) is 0 Å². The van der Waals surface area contributed by atoms with Crippen molar-refractivity contribution in [1.82, 2.24) is 0 Å². The molecular formula is C9H11O5S. The van der Waals surface area contributed by atoms with Crippen molar-refractivity contribution in [3.05, 3.63) is 30.7 Å². The van der Waals surface area contributed by atoms with Crippen molar-refractivity contribution in [2.24, 2.45) is 0 Å². The van der Waals surface area contributed by atoms with E-state index < -0.39 is 15.9 Å². The highest BCUT2D eigenvalue weighted by Crippen LogP contribution is 2.22. The average Bonchev–Trinajstić information content (AvgIpc) is 2.09. The second kappa shape index (κ2) is 4.50. The monoisotopic (exact) mass is 231 g/mol. The molecule has 6 heteroatoms. The highest BCUT2D eigenvalue weighted by atomic mass is 32.2. The van der Waals surface area contributed by atoms with Gasteiger partial charge < -0.3 is 9.84 Å². The van der Waals surface area contributed by atoms with Gasteiger partial charge in [0.2, 0.25) is 0 Å². The van der Waals surface area contributed by atoms with Crippen LogP contribution in [0.2, 0.25) is 0 Å². The molecule has 5 nitrogen and oxygen atoms in total. The molecule has 2 N–H and O–H groups in total. The second-order valence-corrected chi connectivity index (χ2v) is 4.50. The van der Waals surface area contributed by atoms with Crippen LogP contribution in [0.25, 0.3) is 0 Å². The number of phenolic OH excluding ortho intramolecular Hbond substituents is 1. The first-order valence-corrected chi connectivity index (χ1v) is 5.72. The van der Waals surface area contributed by atoms with Crippen LogP contribution in [0.1, 0.15) is 5.56 Å². The smallest absolute Gasteiger partial charge is 0.268 e. The first kappa shape index (κ1) is 11.8. The lowest BCUT2D eigenvalue weighted by molar-refractivity contribution is 0.333. The molecule has 0 atom stereocenters. The van der Waals surface area contributed by atoms with Crippen LogP contribution in [0.4, 0.5) is 0 Å². The van der Waals surface area contributed by atoms with Crippen LogP contribution in [-0.2, 0) is 10.1 Å². The maximum absolute atomic E-state index is 10.4. The third-order valence-corrected chi connectivity index (χ3v) is 2.35. The number of phenols is 1. The van der Waals surface area contributed by atoms with Crippen LogP contribution in [0, 0.1) is 6.92 Å². The van der Waals surface area contributed by atoms with Crippen LogP contribution in [0.3, 0.4) is 0 Å². The van der Waals surface area contributed by atoms with Crippen LogP contribution in [0.15, 0.2) is 18.2 Å². The second-order valence-electron chi connectivity index (χ2n) is 2.93. The molecule has 0 bridgehead atoms. The van der Waals surface area contributed by atoms with Gasteiger partial charge in [0, 0.05) is 6.07 Å². The lowest BCUT2D eigenvalue weighted by atomic mass is 10.2. The van der Waals surface area contributed by atoms with Gasteiger partial charge in [-0.3, -0.25) is 4.55 Å². The Bertz CT molecular complexity index is 438. The molecule has 0 unspecified atom stereocenters. The molecule has 0 aromatic heterocycles. The number of hydrogen-bond donors (Lipinski definition) is 2. The fourth-order valence-corrected chi connectivity index (χ4v) is 1.19. The Morgan fingerprint density at radius 2 is 2.07 bits per heavy atom. The highest BCUT2D eigenvalue weighted by Gasteiger charge is 2.05. The van der Waals surface area contributed by atoms with Gasteiger partial charge >= 0.3 is 0 Å². The third kappa shape index (κ3) is 4.18. The van der Waals surface area contributed by atoms with E-state index in [4.69, 9.17) is 9.29 Å².